The maximum atomic E-state index is 12.7. The van der Waals surface area contributed by atoms with Crippen LogP contribution in [0.1, 0.15) is 36.7 Å². The van der Waals surface area contributed by atoms with Crippen molar-refractivity contribution in [1.82, 2.24) is 4.72 Å². The number of methoxy groups -OCH3 is 1. The molecule has 0 heterocycles. The van der Waals surface area contributed by atoms with Gasteiger partial charge in [-0.15, -0.1) is 0 Å². The minimum atomic E-state index is -3.97. The highest BCUT2D eigenvalue weighted by molar-refractivity contribution is 7.89. The van der Waals surface area contributed by atoms with Gasteiger partial charge in [0, 0.05) is 16.2 Å². The maximum absolute atomic E-state index is 12.7. The van der Waals surface area contributed by atoms with Crippen LogP contribution in [0.2, 0.25) is 5.02 Å². The van der Waals surface area contributed by atoms with Gasteiger partial charge < -0.3 is 14.8 Å². The lowest BCUT2D eigenvalue weighted by atomic mass is 10.1. The molecule has 0 aliphatic rings. The van der Waals surface area contributed by atoms with Crippen LogP contribution >= 0.6 is 11.6 Å². The first-order chi connectivity index (χ1) is 14.3. The summed E-state index contributed by atoms with van der Waals surface area (Å²) in [6.07, 6.45) is 0. The van der Waals surface area contributed by atoms with Gasteiger partial charge in [-0.3, -0.25) is 4.79 Å². The third kappa shape index (κ3) is 6.95. The second-order valence-corrected chi connectivity index (χ2v) is 9.87. The molecule has 2 aromatic rings. The molecule has 2 rings (SSSR count). The Balaban J connectivity index is 2.12. The highest BCUT2D eigenvalue weighted by atomic mass is 35.5. The van der Waals surface area contributed by atoms with Crippen LogP contribution in [0.15, 0.2) is 41.3 Å². The zero-order chi connectivity index (χ0) is 23.4. The number of anilines is 1. The van der Waals surface area contributed by atoms with Crippen LogP contribution in [0.5, 0.6) is 5.75 Å². The number of carbonyl (C=O) groups is 2. The van der Waals surface area contributed by atoms with E-state index >= 15 is 0 Å². The van der Waals surface area contributed by atoms with Crippen molar-refractivity contribution in [2.24, 2.45) is 0 Å². The first kappa shape index (κ1) is 24.6. The molecule has 8 nitrogen and oxygen atoms in total. The number of esters is 1. The van der Waals surface area contributed by atoms with Crippen molar-refractivity contribution in [2.45, 2.75) is 38.1 Å². The molecule has 0 spiro atoms. The average Bonchev–Trinajstić information content (AvgIpc) is 2.66. The van der Waals surface area contributed by atoms with Crippen LogP contribution in [0.4, 0.5) is 5.69 Å². The number of aryl methyl sites for hydroxylation is 1. The van der Waals surface area contributed by atoms with Gasteiger partial charge in [-0.1, -0.05) is 17.7 Å². The second kappa shape index (κ2) is 9.67. The molecule has 1 amide bonds. The molecule has 2 N–H and O–H groups in total. The topological polar surface area (TPSA) is 111 Å². The Labute approximate surface area is 186 Å². The van der Waals surface area contributed by atoms with E-state index in [0.717, 1.165) is 11.6 Å². The molecular formula is C21H25ClN2O6S. The van der Waals surface area contributed by atoms with Gasteiger partial charge in [-0.05, 0) is 63.6 Å². The van der Waals surface area contributed by atoms with Crippen molar-refractivity contribution >= 4 is 39.2 Å². The fourth-order valence-electron chi connectivity index (χ4n) is 2.55. The van der Waals surface area contributed by atoms with Crippen molar-refractivity contribution in [3.63, 3.8) is 0 Å². The fraction of sp³-hybridized carbons (Fsp3) is 0.333. The minimum Gasteiger partial charge on any atom is -0.495 e. The molecular weight excluding hydrogens is 444 g/mol. The monoisotopic (exact) mass is 468 g/mol. The summed E-state index contributed by atoms with van der Waals surface area (Å²) < 4.78 is 38.0. The van der Waals surface area contributed by atoms with Crippen LogP contribution in [-0.4, -0.2) is 39.5 Å². The number of sulfonamides is 1. The Kier molecular flexibility index (Phi) is 7.69. The molecule has 0 bridgehead atoms. The predicted molar refractivity (Wildman–Crippen MR) is 118 cm³/mol. The third-order valence-electron chi connectivity index (χ3n) is 3.92. The largest absolute Gasteiger partial charge is 0.495 e. The number of hydrogen-bond acceptors (Lipinski definition) is 6. The number of nitrogens with one attached hydrogen (secondary N) is 2. The SMILES string of the molecule is COc1ccc(C(=O)OCC(=O)Nc2ccc(C)c(Cl)c2)cc1S(=O)(=O)NC(C)(C)C. The van der Waals surface area contributed by atoms with E-state index in [1.807, 2.05) is 6.92 Å². The Hall–Kier alpha value is -2.62. The highest BCUT2D eigenvalue weighted by Crippen LogP contribution is 2.26. The van der Waals surface area contributed by atoms with Crippen LogP contribution in [-0.2, 0) is 19.6 Å². The number of ether oxygens (including phenoxy) is 2. The van der Waals surface area contributed by atoms with Crippen LogP contribution in [0, 0.1) is 6.92 Å². The van der Waals surface area contributed by atoms with Gasteiger partial charge >= 0.3 is 5.97 Å². The standard InChI is InChI=1S/C21H25ClN2O6S/c1-13-6-8-15(11-16(13)22)23-19(25)12-30-20(26)14-7-9-17(29-5)18(10-14)31(27,28)24-21(2,3)4/h6-11,24H,12H2,1-5H3,(H,23,25). The minimum absolute atomic E-state index is 0.0405. The van der Waals surface area contributed by atoms with Crippen LogP contribution < -0.4 is 14.8 Å². The lowest BCUT2D eigenvalue weighted by molar-refractivity contribution is -0.119. The number of rotatable bonds is 7. The van der Waals surface area contributed by atoms with E-state index in [2.05, 4.69) is 10.0 Å². The van der Waals surface area contributed by atoms with Gasteiger partial charge in [-0.25, -0.2) is 17.9 Å². The van der Waals surface area contributed by atoms with Gasteiger partial charge in [0.15, 0.2) is 6.61 Å². The highest BCUT2D eigenvalue weighted by Gasteiger charge is 2.26. The smallest absolute Gasteiger partial charge is 0.338 e. The summed E-state index contributed by atoms with van der Waals surface area (Å²) in [6, 6.07) is 8.85. The van der Waals surface area contributed by atoms with Gasteiger partial charge in [0.1, 0.15) is 10.6 Å². The van der Waals surface area contributed by atoms with E-state index in [1.165, 1.54) is 19.2 Å². The number of benzene rings is 2. The lowest BCUT2D eigenvalue weighted by Gasteiger charge is -2.21. The molecule has 0 unspecified atom stereocenters. The van der Waals surface area contributed by atoms with E-state index in [0.29, 0.717) is 10.7 Å². The van der Waals surface area contributed by atoms with E-state index < -0.39 is 34.0 Å². The zero-order valence-corrected chi connectivity index (χ0v) is 19.5. The lowest BCUT2D eigenvalue weighted by Crippen LogP contribution is -2.40. The predicted octanol–water partition coefficient (Wildman–Crippen LogP) is 3.53. The Morgan fingerprint density at radius 2 is 1.77 bits per heavy atom. The second-order valence-electron chi connectivity index (χ2n) is 7.81. The normalized spacial score (nSPS) is 11.7. The van der Waals surface area contributed by atoms with Crippen molar-refractivity contribution in [3.8, 4) is 5.75 Å². The van der Waals surface area contributed by atoms with E-state index in [9.17, 15) is 18.0 Å². The molecule has 2 aromatic carbocycles. The van der Waals surface area contributed by atoms with Crippen molar-refractivity contribution in [1.29, 1.82) is 0 Å². The van der Waals surface area contributed by atoms with Gasteiger partial charge in [0.25, 0.3) is 5.91 Å². The summed E-state index contributed by atoms with van der Waals surface area (Å²) in [7, 11) is -2.65. The summed E-state index contributed by atoms with van der Waals surface area (Å²) in [6.45, 7) is 6.34. The molecule has 0 fully saturated rings. The van der Waals surface area contributed by atoms with Crippen molar-refractivity contribution in [3.05, 3.63) is 52.5 Å². The summed E-state index contributed by atoms with van der Waals surface area (Å²) in [5.74, 6) is -1.35. The average molecular weight is 469 g/mol. The summed E-state index contributed by atoms with van der Waals surface area (Å²) in [4.78, 5) is 24.2. The molecule has 0 saturated carbocycles. The van der Waals surface area contributed by atoms with E-state index in [4.69, 9.17) is 21.1 Å². The number of carbonyl (C=O) groups excluding carboxylic acids is 2. The molecule has 10 heteroatoms. The van der Waals surface area contributed by atoms with E-state index in [1.54, 1.807) is 39.0 Å². The van der Waals surface area contributed by atoms with Crippen LogP contribution in [0.3, 0.4) is 0 Å². The van der Waals surface area contributed by atoms with Crippen molar-refractivity contribution in [2.75, 3.05) is 19.0 Å². The molecule has 0 radical (unpaired) electrons. The van der Waals surface area contributed by atoms with Crippen molar-refractivity contribution < 1.29 is 27.5 Å². The van der Waals surface area contributed by atoms with Gasteiger partial charge in [-0.2, -0.15) is 0 Å². The maximum Gasteiger partial charge on any atom is 0.338 e. The molecule has 0 aromatic heterocycles. The summed E-state index contributed by atoms with van der Waals surface area (Å²) in [5, 5.41) is 3.06. The Bertz CT molecular complexity index is 1090. The summed E-state index contributed by atoms with van der Waals surface area (Å²) >= 11 is 6.02. The first-order valence-corrected chi connectivity index (χ1v) is 11.1. The number of hydrogen-bond donors (Lipinski definition) is 2. The molecule has 0 aliphatic heterocycles. The Morgan fingerprint density at radius 3 is 2.35 bits per heavy atom. The number of halogens is 1. The van der Waals surface area contributed by atoms with Gasteiger partial charge in [0.2, 0.25) is 10.0 Å². The molecule has 31 heavy (non-hydrogen) atoms. The third-order valence-corrected chi connectivity index (χ3v) is 6.11. The number of amides is 1. The molecule has 0 atom stereocenters. The van der Waals surface area contributed by atoms with Gasteiger partial charge in [0.05, 0.1) is 12.7 Å². The molecule has 168 valence electrons. The van der Waals surface area contributed by atoms with E-state index in [-0.39, 0.29) is 16.2 Å². The fourth-order valence-corrected chi connectivity index (χ4v) is 4.35. The first-order valence-electron chi connectivity index (χ1n) is 9.27. The summed E-state index contributed by atoms with van der Waals surface area (Å²) in [5.41, 5.74) is 0.540. The van der Waals surface area contributed by atoms with Crippen LogP contribution in [0.25, 0.3) is 0 Å². The molecule has 0 saturated heterocycles. The Morgan fingerprint density at radius 1 is 1.10 bits per heavy atom. The zero-order valence-electron chi connectivity index (χ0n) is 17.9. The quantitative estimate of drug-likeness (QED) is 0.601. The molecule has 0 aliphatic carbocycles.